The summed E-state index contributed by atoms with van der Waals surface area (Å²) in [7, 11) is 0. The molecule has 4 aromatic rings. The van der Waals surface area contributed by atoms with Crippen LogP contribution in [-0.4, -0.2) is 22.7 Å². The van der Waals surface area contributed by atoms with Gasteiger partial charge in [-0.3, -0.25) is 14.6 Å². The Hall–Kier alpha value is -4.06. The zero-order chi connectivity index (χ0) is 27.2. The predicted molar refractivity (Wildman–Crippen MR) is 152 cm³/mol. The highest BCUT2D eigenvalue weighted by Crippen LogP contribution is 2.34. The lowest BCUT2D eigenvalue weighted by Crippen LogP contribution is -2.30. The molecule has 0 aliphatic heterocycles. The Bertz CT molecular complexity index is 1450. The average molecular weight is 512 g/mol. The molecule has 196 valence electrons. The minimum Gasteiger partial charge on any atom is -0.354 e. The molecule has 38 heavy (non-hydrogen) atoms. The van der Waals surface area contributed by atoms with Crippen molar-refractivity contribution in [3.05, 3.63) is 89.9 Å². The molecule has 0 radical (unpaired) electrons. The molecule has 1 unspecified atom stereocenters. The van der Waals surface area contributed by atoms with Gasteiger partial charge >= 0.3 is 0 Å². The number of pyridine rings is 1. The van der Waals surface area contributed by atoms with Gasteiger partial charge in [0.25, 0.3) is 5.91 Å². The van der Waals surface area contributed by atoms with Crippen molar-refractivity contribution in [2.75, 3.05) is 5.32 Å². The van der Waals surface area contributed by atoms with Gasteiger partial charge in [-0.05, 0) is 73.2 Å². The first kappa shape index (κ1) is 27.0. The molecule has 1 atom stereocenters. The van der Waals surface area contributed by atoms with Crippen LogP contribution < -0.4 is 10.6 Å². The topological polar surface area (TPSA) is 71.1 Å². The predicted octanol–water partition coefficient (Wildman–Crippen LogP) is 7.79. The average Bonchev–Trinajstić information content (AvgIpc) is 2.88. The number of nitrogens with zero attached hydrogens (tertiary/aromatic N) is 1. The number of carbonyl (C=O) groups excluding carboxylic acids is 2. The molecule has 0 spiro atoms. The van der Waals surface area contributed by atoms with Crippen LogP contribution in [0.3, 0.4) is 0 Å². The summed E-state index contributed by atoms with van der Waals surface area (Å²) in [6.45, 7) is 7.68. The lowest BCUT2D eigenvalue weighted by molar-refractivity contribution is -0.119. The third kappa shape index (κ3) is 6.25. The van der Waals surface area contributed by atoms with Crippen molar-refractivity contribution in [2.45, 2.75) is 58.9 Å². The number of para-hydroxylation sites is 1. The Kier molecular flexibility index (Phi) is 8.52. The maximum absolute atomic E-state index is 15.2. The van der Waals surface area contributed by atoms with Crippen LogP contribution in [0.1, 0.15) is 68.8 Å². The van der Waals surface area contributed by atoms with E-state index >= 15 is 4.39 Å². The van der Waals surface area contributed by atoms with Gasteiger partial charge in [-0.2, -0.15) is 0 Å². The van der Waals surface area contributed by atoms with Crippen molar-refractivity contribution in [1.29, 1.82) is 0 Å². The molecule has 5 nitrogen and oxygen atoms in total. The standard InChI is InChI=1S/C32H34FN3O2/c1-5-9-25(37)16-21(4)26-14-12-23(18-29(26)33)22-13-15-30-27(17-22)31(36-24-10-7-6-8-11-24)28(19-34-30)32(38)35-20(2)3/h6-8,10-15,17-21H,5,9,16H2,1-4H3,(H,34,36)(H,35,38). The zero-order valence-corrected chi connectivity index (χ0v) is 22.3. The Balaban J connectivity index is 1.75. The molecule has 1 amide bonds. The van der Waals surface area contributed by atoms with Gasteiger partial charge in [0.15, 0.2) is 0 Å². The van der Waals surface area contributed by atoms with E-state index in [0.29, 0.717) is 40.7 Å². The lowest BCUT2D eigenvalue weighted by Gasteiger charge is -2.17. The molecule has 1 heterocycles. The summed E-state index contributed by atoms with van der Waals surface area (Å²) in [4.78, 5) is 29.7. The number of aromatic nitrogens is 1. The Morgan fingerprint density at radius 3 is 2.34 bits per heavy atom. The number of amides is 1. The Labute approximate surface area is 223 Å². The highest BCUT2D eigenvalue weighted by molar-refractivity contribution is 6.08. The van der Waals surface area contributed by atoms with E-state index in [1.165, 1.54) is 6.07 Å². The van der Waals surface area contributed by atoms with E-state index in [-0.39, 0.29) is 29.5 Å². The molecule has 0 bridgehead atoms. The second-order valence-corrected chi connectivity index (χ2v) is 10.0. The number of hydrogen-bond acceptors (Lipinski definition) is 4. The number of nitrogens with one attached hydrogen (secondary N) is 2. The van der Waals surface area contributed by atoms with E-state index in [1.54, 1.807) is 12.3 Å². The van der Waals surface area contributed by atoms with Gasteiger partial charge in [-0.15, -0.1) is 0 Å². The largest absolute Gasteiger partial charge is 0.354 e. The maximum atomic E-state index is 15.2. The summed E-state index contributed by atoms with van der Waals surface area (Å²) in [5.41, 5.74) is 4.68. The van der Waals surface area contributed by atoms with Crippen LogP contribution in [0.25, 0.3) is 22.0 Å². The molecule has 0 saturated heterocycles. The highest BCUT2D eigenvalue weighted by atomic mass is 19.1. The second-order valence-electron chi connectivity index (χ2n) is 10.0. The van der Waals surface area contributed by atoms with Gasteiger partial charge in [0.1, 0.15) is 11.6 Å². The van der Waals surface area contributed by atoms with E-state index in [9.17, 15) is 9.59 Å². The first-order chi connectivity index (χ1) is 18.3. The normalized spacial score (nSPS) is 11.9. The van der Waals surface area contributed by atoms with Gasteiger partial charge in [0, 0.05) is 36.2 Å². The lowest BCUT2D eigenvalue weighted by atomic mass is 9.92. The molecule has 0 aliphatic rings. The maximum Gasteiger partial charge on any atom is 0.255 e. The number of benzene rings is 3. The fourth-order valence-corrected chi connectivity index (χ4v) is 4.62. The summed E-state index contributed by atoms with van der Waals surface area (Å²) >= 11 is 0. The van der Waals surface area contributed by atoms with Crippen molar-refractivity contribution in [1.82, 2.24) is 10.3 Å². The van der Waals surface area contributed by atoms with E-state index in [4.69, 9.17) is 0 Å². The molecule has 0 saturated carbocycles. The van der Waals surface area contributed by atoms with Gasteiger partial charge < -0.3 is 10.6 Å². The highest BCUT2D eigenvalue weighted by Gasteiger charge is 2.19. The van der Waals surface area contributed by atoms with Crippen LogP contribution in [0.15, 0.2) is 72.9 Å². The molecule has 4 rings (SSSR count). The number of ketones is 1. The van der Waals surface area contributed by atoms with Crippen LogP contribution in [0.5, 0.6) is 0 Å². The number of fused-ring (bicyclic) bond motifs is 1. The van der Waals surface area contributed by atoms with Crippen LogP contribution in [0, 0.1) is 5.82 Å². The van der Waals surface area contributed by atoms with Crippen molar-refractivity contribution in [3.63, 3.8) is 0 Å². The summed E-state index contributed by atoms with van der Waals surface area (Å²) in [5, 5.41) is 7.11. The third-order valence-electron chi connectivity index (χ3n) is 6.50. The Morgan fingerprint density at radius 1 is 0.947 bits per heavy atom. The molecule has 0 fully saturated rings. The van der Waals surface area contributed by atoms with E-state index in [2.05, 4.69) is 15.6 Å². The summed E-state index contributed by atoms with van der Waals surface area (Å²) in [6.07, 6.45) is 3.24. The van der Waals surface area contributed by atoms with Crippen molar-refractivity contribution < 1.29 is 14.0 Å². The smallest absolute Gasteiger partial charge is 0.255 e. The number of rotatable bonds is 10. The van der Waals surface area contributed by atoms with Crippen molar-refractivity contribution >= 4 is 34.0 Å². The minimum absolute atomic E-state index is 0.0322. The van der Waals surface area contributed by atoms with Gasteiger partial charge in [0.2, 0.25) is 0 Å². The summed E-state index contributed by atoms with van der Waals surface area (Å²) < 4.78 is 15.2. The van der Waals surface area contributed by atoms with Crippen molar-refractivity contribution in [2.24, 2.45) is 0 Å². The first-order valence-electron chi connectivity index (χ1n) is 13.1. The van der Waals surface area contributed by atoms with E-state index in [0.717, 1.165) is 23.1 Å². The summed E-state index contributed by atoms with van der Waals surface area (Å²) in [5.74, 6) is -0.584. The van der Waals surface area contributed by atoms with Gasteiger partial charge in [0.05, 0.1) is 16.8 Å². The summed E-state index contributed by atoms with van der Waals surface area (Å²) in [6, 6.07) is 20.5. The van der Waals surface area contributed by atoms with Crippen molar-refractivity contribution in [3.8, 4) is 11.1 Å². The fourth-order valence-electron chi connectivity index (χ4n) is 4.62. The molecule has 2 N–H and O–H groups in total. The van der Waals surface area contributed by atoms with Gasteiger partial charge in [-0.1, -0.05) is 50.2 Å². The molecular weight excluding hydrogens is 477 g/mol. The molecule has 1 aromatic heterocycles. The SMILES string of the molecule is CCCC(=O)CC(C)c1ccc(-c2ccc3ncc(C(=O)NC(C)C)c(Nc4ccccc4)c3c2)cc1F. The monoisotopic (exact) mass is 511 g/mol. The third-order valence-corrected chi connectivity index (χ3v) is 6.50. The fraction of sp³-hybridized carbons (Fsp3) is 0.281. The number of carbonyl (C=O) groups is 2. The van der Waals surface area contributed by atoms with Crippen LogP contribution in [0.2, 0.25) is 0 Å². The molecule has 3 aromatic carbocycles. The minimum atomic E-state index is -0.329. The number of anilines is 2. The van der Waals surface area contributed by atoms with Gasteiger partial charge in [-0.25, -0.2) is 4.39 Å². The molecule has 0 aliphatic carbocycles. The first-order valence-corrected chi connectivity index (χ1v) is 13.1. The quantitative estimate of drug-likeness (QED) is 0.228. The number of Topliss-reactive ketones (excluding diaryl/α,β-unsaturated/α-hetero) is 1. The van der Waals surface area contributed by atoms with Crippen LogP contribution in [-0.2, 0) is 4.79 Å². The van der Waals surface area contributed by atoms with E-state index < -0.39 is 0 Å². The number of halogens is 1. The second kappa shape index (κ2) is 12.0. The molecule has 6 heteroatoms. The van der Waals surface area contributed by atoms with Crippen LogP contribution >= 0.6 is 0 Å². The van der Waals surface area contributed by atoms with Crippen LogP contribution in [0.4, 0.5) is 15.8 Å². The zero-order valence-electron chi connectivity index (χ0n) is 22.3. The number of hydrogen-bond donors (Lipinski definition) is 2. The van der Waals surface area contributed by atoms with E-state index in [1.807, 2.05) is 82.3 Å². The molecular formula is C32H34FN3O2. The Morgan fingerprint density at radius 2 is 1.66 bits per heavy atom.